The zero-order valence-electron chi connectivity index (χ0n) is 9.54. The number of aromatic nitrogens is 1. The lowest BCUT2D eigenvalue weighted by Gasteiger charge is -2.10. The molecule has 0 aliphatic heterocycles. The third kappa shape index (κ3) is 5.00. The summed E-state index contributed by atoms with van der Waals surface area (Å²) in [4.78, 5) is 15.2. The molecule has 0 saturated heterocycles. The molecule has 0 atom stereocenters. The maximum Gasteiger partial charge on any atom is 0.401 e. The monoisotopic (exact) mass is 263 g/mol. The number of alkyl halides is 3. The normalized spacial score (nSPS) is 11.1. The second-order valence-corrected chi connectivity index (χ2v) is 3.33. The quantitative estimate of drug-likeness (QED) is 0.837. The average molecular weight is 263 g/mol. The molecule has 0 fully saturated rings. The lowest BCUT2D eigenvalue weighted by Crippen LogP contribution is -2.35. The van der Waals surface area contributed by atoms with Gasteiger partial charge in [-0.05, 0) is 12.1 Å². The highest BCUT2D eigenvalue weighted by atomic mass is 19.4. The Bertz CT molecular complexity index is 410. The van der Waals surface area contributed by atoms with Crippen LogP contribution >= 0.6 is 0 Å². The number of nitrogens with one attached hydrogen (secondary N) is 2. The summed E-state index contributed by atoms with van der Waals surface area (Å²) in [7, 11) is 1.37. The fraction of sp³-hybridized carbons (Fsp3) is 0.400. The van der Waals surface area contributed by atoms with Crippen molar-refractivity contribution in [2.75, 3.05) is 25.5 Å². The van der Waals surface area contributed by atoms with Gasteiger partial charge < -0.3 is 15.4 Å². The van der Waals surface area contributed by atoms with E-state index in [0.717, 1.165) is 0 Å². The first-order valence-electron chi connectivity index (χ1n) is 4.98. The summed E-state index contributed by atoms with van der Waals surface area (Å²) in [5.74, 6) is -0.410. The molecule has 1 aromatic rings. The van der Waals surface area contributed by atoms with E-state index in [1.165, 1.54) is 19.4 Å². The second kappa shape index (κ2) is 6.20. The number of ether oxygens (including phenoxy) is 1. The number of amides is 1. The van der Waals surface area contributed by atoms with Crippen molar-refractivity contribution >= 4 is 11.6 Å². The van der Waals surface area contributed by atoms with Crippen LogP contribution in [-0.2, 0) is 4.79 Å². The smallest absolute Gasteiger partial charge is 0.401 e. The minimum atomic E-state index is -4.34. The van der Waals surface area contributed by atoms with Crippen LogP contribution in [0.2, 0.25) is 0 Å². The van der Waals surface area contributed by atoms with Crippen LogP contribution in [0, 0.1) is 0 Å². The van der Waals surface area contributed by atoms with E-state index in [-0.39, 0.29) is 5.88 Å². The summed E-state index contributed by atoms with van der Waals surface area (Å²) in [5, 5.41) is 4.38. The Kier molecular flexibility index (Phi) is 4.90. The Labute approximate surface area is 101 Å². The van der Waals surface area contributed by atoms with E-state index in [0.29, 0.717) is 5.69 Å². The number of hydrogen-bond acceptors (Lipinski definition) is 4. The van der Waals surface area contributed by atoms with Gasteiger partial charge in [0.25, 0.3) is 0 Å². The van der Waals surface area contributed by atoms with Gasteiger partial charge in [-0.3, -0.25) is 4.79 Å². The molecule has 5 nitrogen and oxygen atoms in total. The summed E-state index contributed by atoms with van der Waals surface area (Å²) >= 11 is 0. The molecule has 0 unspecified atom stereocenters. The lowest BCUT2D eigenvalue weighted by atomic mass is 10.4. The second-order valence-electron chi connectivity index (χ2n) is 3.33. The van der Waals surface area contributed by atoms with Crippen molar-refractivity contribution in [1.82, 2.24) is 10.3 Å². The summed E-state index contributed by atoms with van der Waals surface area (Å²) in [5.41, 5.74) is 0.304. The van der Waals surface area contributed by atoms with Crippen LogP contribution in [0.25, 0.3) is 0 Å². The SMILES string of the molecule is COc1ncccc1NC(=O)CNCC(F)(F)F. The predicted octanol–water partition coefficient (Wildman–Crippen LogP) is 1.18. The van der Waals surface area contributed by atoms with E-state index in [4.69, 9.17) is 4.74 Å². The molecule has 1 heterocycles. The lowest BCUT2D eigenvalue weighted by molar-refractivity contribution is -0.126. The molecule has 100 valence electrons. The van der Waals surface area contributed by atoms with Crippen LogP contribution in [0.1, 0.15) is 0 Å². The van der Waals surface area contributed by atoms with Gasteiger partial charge in [0, 0.05) is 6.20 Å². The molecule has 2 N–H and O–H groups in total. The van der Waals surface area contributed by atoms with Gasteiger partial charge in [0.1, 0.15) is 5.69 Å². The molecule has 8 heteroatoms. The van der Waals surface area contributed by atoms with E-state index >= 15 is 0 Å². The fourth-order valence-corrected chi connectivity index (χ4v) is 1.16. The van der Waals surface area contributed by atoms with Gasteiger partial charge in [-0.25, -0.2) is 4.98 Å². The van der Waals surface area contributed by atoms with Crippen molar-refractivity contribution in [2.24, 2.45) is 0 Å². The van der Waals surface area contributed by atoms with Crippen molar-refractivity contribution < 1.29 is 22.7 Å². The Balaban J connectivity index is 2.45. The number of carbonyl (C=O) groups excluding carboxylic acids is 1. The largest absolute Gasteiger partial charge is 0.480 e. The number of halogens is 3. The minimum absolute atomic E-state index is 0.196. The zero-order chi connectivity index (χ0) is 13.6. The van der Waals surface area contributed by atoms with Crippen LogP contribution in [-0.4, -0.2) is 37.3 Å². The highest BCUT2D eigenvalue weighted by molar-refractivity contribution is 5.93. The van der Waals surface area contributed by atoms with Crippen molar-refractivity contribution in [1.29, 1.82) is 0 Å². The van der Waals surface area contributed by atoms with Gasteiger partial charge in [-0.2, -0.15) is 13.2 Å². The Morgan fingerprint density at radius 1 is 1.50 bits per heavy atom. The molecular weight excluding hydrogens is 251 g/mol. The first-order valence-corrected chi connectivity index (χ1v) is 4.98. The number of methoxy groups -OCH3 is 1. The van der Waals surface area contributed by atoms with Crippen molar-refractivity contribution in [3.63, 3.8) is 0 Å². The third-order valence-corrected chi connectivity index (χ3v) is 1.85. The minimum Gasteiger partial charge on any atom is -0.480 e. The Morgan fingerprint density at radius 3 is 2.83 bits per heavy atom. The van der Waals surface area contributed by atoms with E-state index in [1.807, 2.05) is 5.32 Å². The standard InChI is InChI=1S/C10H12F3N3O2/c1-18-9-7(3-2-4-15-9)16-8(17)5-14-6-10(11,12)13/h2-4,14H,5-6H2,1H3,(H,16,17). The van der Waals surface area contributed by atoms with Crippen LogP contribution in [0.5, 0.6) is 5.88 Å². The van der Waals surface area contributed by atoms with E-state index in [1.54, 1.807) is 6.07 Å². The molecule has 0 spiro atoms. The average Bonchev–Trinajstić information content (AvgIpc) is 2.28. The summed E-state index contributed by atoms with van der Waals surface area (Å²) in [6, 6.07) is 3.11. The molecule has 0 aromatic carbocycles. The number of anilines is 1. The van der Waals surface area contributed by atoms with Crippen molar-refractivity contribution in [3.8, 4) is 5.88 Å². The van der Waals surface area contributed by atoms with E-state index in [9.17, 15) is 18.0 Å². The molecule has 0 bridgehead atoms. The van der Waals surface area contributed by atoms with Gasteiger partial charge in [-0.15, -0.1) is 0 Å². The number of carbonyl (C=O) groups is 1. The van der Waals surface area contributed by atoms with Gasteiger partial charge in [0.05, 0.1) is 20.2 Å². The van der Waals surface area contributed by atoms with Crippen LogP contribution in [0.3, 0.4) is 0 Å². The summed E-state index contributed by atoms with van der Waals surface area (Å²) < 4.78 is 40.4. The summed E-state index contributed by atoms with van der Waals surface area (Å²) in [6.45, 7) is -1.66. The van der Waals surface area contributed by atoms with E-state index < -0.39 is 25.2 Å². The van der Waals surface area contributed by atoms with Crippen molar-refractivity contribution in [3.05, 3.63) is 18.3 Å². The molecule has 0 radical (unpaired) electrons. The first kappa shape index (κ1) is 14.2. The predicted molar refractivity (Wildman–Crippen MR) is 58.3 cm³/mol. The molecule has 18 heavy (non-hydrogen) atoms. The summed E-state index contributed by atoms with van der Waals surface area (Å²) in [6.07, 6.45) is -2.87. The van der Waals surface area contributed by atoms with Gasteiger partial charge in [-0.1, -0.05) is 0 Å². The van der Waals surface area contributed by atoms with Gasteiger partial charge in [0.15, 0.2) is 0 Å². The Hall–Kier alpha value is -1.83. The third-order valence-electron chi connectivity index (χ3n) is 1.85. The van der Waals surface area contributed by atoms with Crippen molar-refractivity contribution in [2.45, 2.75) is 6.18 Å². The van der Waals surface area contributed by atoms with Gasteiger partial charge >= 0.3 is 6.18 Å². The Morgan fingerprint density at radius 2 is 2.22 bits per heavy atom. The fourth-order valence-electron chi connectivity index (χ4n) is 1.16. The first-order chi connectivity index (χ1) is 8.42. The van der Waals surface area contributed by atoms with Gasteiger partial charge in [0.2, 0.25) is 11.8 Å². The molecule has 0 aliphatic carbocycles. The highest BCUT2D eigenvalue weighted by Gasteiger charge is 2.26. The van der Waals surface area contributed by atoms with Crippen LogP contribution in [0.15, 0.2) is 18.3 Å². The maximum atomic E-state index is 11.8. The highest BCUT2D eigenvalue weighted by Crippen LogP contribution is 2.19. The number of nitrogens with zero attached hydrogens (tertiary/aromatic N) is 1. The number of pyridine rings is 1. The maximum absolute atomic E-state index is 11.8. The van der Waals surface area contributed by atoms with E-state index in [2.05, 4.69) is 10.3 Å². The molecular formula is C10H12F3N3O2. The molecule has 1 aromatic heterocycles. The zero-order valence-corrected chi connectivity index (χ0v) is 9.54. The number of hydrogen-bond donors (Lipinski definition) is 2. The molecule has 0 saturated carbocycles. The molecule has 1 amide bonds. The number of rotatable bonds is 5. The van der Waals surface area contributed by atoms with Crippen LogP contribution < -0.4 is 15.4 Å². The molecule has 0 aliphatic rings. The molecule has 1 rings (SSSR count). The topological polar surface area (TPSA) is 63.2 Å². The van der Waals surface area contributed by atoms with Crippen LogP contribution in [0.4, 0.5) is 18.9 Å².